The van der Waals surface area contributed by atoms with Crippen LogP contribution in [0.4, 0.5) is 11.4 Å². The summed E-state index contributed by atoms with van der Waals surface area (Å²) in [6.45, 7) is 1.17. The van der Waals surface area contributed by atoms with Crippen molar-refractivity contribution < 1.29 is 22.7 Å². The molecule has 0 radical (unpaired) electrons. The van der Waals surface area contributed by atoms with Crippen molar-refractivity contribution in [1.82, 2.24) is 0 Å². The highest BCUT2D eigenvalue weighted by molar-refractivity contribution is 7.92. The van der Waals surface area contributed by atoms with Crippen LogP contribution in [0, 0.1) is 0 Å². The maximum absolute atomic E-state index is 12.8. The minimum atomic E-state index is -3.85. The molecule has 4 rings (SSSR count). The summed E-state index contributed by atoms with van der Waals surface area (Å²) in [6, 6.07) is 9.50. The lowest BCUT2D eigenvalue weighted by Crippen LogP contribution is -2.37. The van der Waals surface area contributed by atoms with E-state index >= 15 is 0 Å². The molecule has 2 aromatic rings. The molecule has 1 fully saturated rings. The van der Waals surface area contributed by atoms with Gasteiger partial charge in [-0.1, -0.05) is 17.7 Å². The third kappa shape index (κ3) is 3.92. The molecule has 2 aliphatic rings. The second kappa shape index (κ2) is 7.85. The van der Waals surface area contributed by atoms with E-state index < -0.39 is 16.1 Å². The number of halogens is 1. The molecule has 7 nitrogen and oxygen atoms in total. The maximum atomic E-state index is 12.8. The Morgan fingerprint density at radius 1 is 1.28 bits per heavy atom. The number of carbonyl (C=O) groups is 1. The quantitative estimate of drug-likeness (QED) is 0.777. The van der Waals surface area contributed by atoms with E-state index in [0.29, 0.717) is 24.6 Å². The minimum absolute atomic E-state index is 0.0242. The molecule has 0 aromatic heterocycles. The summed E-state index contributed by atoms with van der Waals surface area (Å²) < 4.78 is 38.7. The van der Waals surface area contributed by atoms with Crippen molar-refractivity contribution in [2.24, 2.45) is 0 Å². The zero-order valence-corrected chi connectivity index (χ0v) is 17.4. The largest absolute Gasteiger partial charge is 0.495 e. The van der Waals surface area contributed by atoms with Crippen molar-refractivity contribution in [2.75, 3.05) is 29.9 Å². The van der Waals surface area contributed by atoms with Gasteiger partial charge in [0.1, 0.15) is 11.9 Å². The Bertz CT molecular complexity index is 1050. The molecule has 29 heavy (non-hydrogen) atoms. The molecule has 9 heteroatoms. The van der Waals surface area contributed by atoms with E-state index in [1.807, 2.05) is 6.07 Å². The maximum Gasteiger partial charge on any atom is 0.261 e. The lowest BCUT2D eigenvalue weighted by atomic mass is 10.1. The average Bonchev–Trinajstić information content (AvgIpc) is 3.37. The fourth-order valence-corrected chi connectivity index (χ4v) is 5.04. The second-order valence-electron chi connectivity index (χ2n) is 6.99. The second-order valence-corrected chi connectivity index (χ2v) is 9.08. The van der Waals surface area contributed by atoms with E-state index in [1.54, 1.807) is 17.0 Å². The molecule has 0 saturated carbocycles. The van der Waals surface area contributed by atoms with Crippen molar-refractivity contribution in [3.05, 3.63) is 47.0 Å². The lowest BCUT2D eigenvalue weighted by Gasteiger charge is -2.21. The molecule has 2 heterocycles. The number of ether oxygens (including phenoxy) is 2. The Kier molecular flexibility index (Phi) is 5.42. The highest BCUT2D eigenvalue weighted by atomic mass is 35.5. The van der Waals surface area contributed by atoms with Gasteiger partial charge in [0.05, 0.1) is 22.7 Å². The predicted octanol–water partition coefficient (Wildman–Crippen LogP) is 3.22. The summed E-state index contributed by atoms with van der Waals surface area (Å²) in [7, 11) is -2.39. The topological polar surface area (TPSA) is 84.9 Å². The average molecular weight is 437 g/mol. The number of anilines is 2. The Morgan fingerprint density at radius 3 is 2.79 bits per heavy atom. The molecular formula is C20H21ClN2O5S. The number of methoxy groups -OCH3 is 1. The Morgan fingerprint density at radius 2 is 2.10 bits per heavy atom. The van der Waals surface area contributed by atoms with Crippen LogP contribution in [-0.2, 0) is 26.0 Å². The van der Waals surface area contributed by atoms with Crippen LogP contribution in [-0.4, -0.2) is 40.7 Å². The summed E-state index contributed by atoms with van der Waals surface area (Å²) in [5.74, 6) is 0.328. The van der Waals surface area contributed by atoms with Crippen LogP contribution in [0.1, 0.15) is 18.4 Å². The first-order valence-corrected chi connectivity index (χ1v) is 11.2. The van der Waals surface area contributed by atoms with Crippen molar-refractivity contribution in [3.63, 3.8) is 0 Å². The summed E-state index contributed by atoms with van der Waals surface area (Å²) in [4.78, 5) is 14.5. The molecule has 2 aromatic carbocycles. The number of hydrogen-bond donors (Lipinski definition) is 1. The highest BCUT2D eigenvalue weighted by Crippen LogP contribution is 2.34. The number of fused-ring (bicyclic) bond motifs is 1. The zero-order valence-electron chi connectivity index (χ0n) is 15.9. The first-order chi connectivity index (χ1) is 13.9. The van der Waals surface area contributed by atoms with Crippen molar-refractivity contribution in [1.29, 1.82) is 0 Å². The molecule has 1 atom stereocenters. The molecule has 1 saturated heterocycles. The molecule has 2 aliphatic heterocycles. The van der Waals surface area contributed by atoms with Crippen LogP contribution in [0.15, 0.2) is 41.3 Å². The monoisotopic (exact) mass is 436 g/mol. The normalized spacial score (nSPS) is 18.6. The van der Waals surface area contributed by atoms with Gasteiger partial charge < -0.3 is 14.4 Å². The first kappa shape index (κ1) is 20.0. The van der Waals surface area contributed by atoms with Crippen LogP contribution >= 0.6 is 11.6 Å². The number of carbonyl (C=O) groups excluding carboxylic acids is 1. The number of nitrogens with zero attached hydrogens (tertiary/aromatic N) is 1. The lowest BCUT2D eigenvalue weighted by molar-refractivity contribution is -0.127. The smallest absolute Gasteiger partial charge is 0.261 e. The third-order valence-electron chi connectivity index (χ3n) is 5.14. The van der Waals surface area contributed by atoms with Crippen molar-refractivity contribution >= 4 is 38.9 Å². The van der Waals surface area contributed by atoms with Crippen LogP contribution in [0.2, 0.25) is 5.02 Å². The predicted molar refractivity (Wildman–Crippen MR) is 110 cm³/mol. The van der Waals surface area contributed by atoms with Crippen LogP contribution in [0.25, 0.3) is 0 Å². The molecule has 0 bridgehead atoms. The molecule has 1 N–H and O–H groups in total. The van der Waals surface area contributed by atoms with E-state index in [1.165, 1.54) is 25.3 Å². The summed E-state index contributed by atoms with van der Waals surface area (Å²) in [5.41, 5.74) is 2.10. The van der Waals surface area contributed by atoms with E-state index in [0.717, 1.165) is 30.5 Å². The summed E-state index contributed by atoms with van der Waals surface area (Å²) in [5, 5.41) is 0.206. The van der Waals surface area contributed by atoms with E-state index in [-0.39, 0.29) is 15.8 Å². The Hall–Kier alpha value is -2.29. The molecule has 1 unspecified atom stereocenters. The van der Waals surface area contributed by atoms with Crippen LogP contribution < -0.4 is 14.4 Å². The highest BCUT2D eigenvalue weighted by Gasteiger charge is 2.33. The van der Waals surface area contributed by atoms with Crippen LogP contribution in [0.3, 0.4) is 0 Å². The van der Waals surface area contributed by atoms with Gasteiger partial charge in [-0.05, 0) is 55.2 Å². The van der Waals surface area contributed by atoms with E-state index in [4.69, 9.17) is 21.1 Å². The fourth-order valence-electron chi connectivity index (χ4n) is 3.65. The number of hydrogen-bond acceptors (Lipinski definition) is 5. The zero-order chi connectivity index (χ0) is 20.6. The van der Waals surface area contributed by atoms with Gasteiger partial charge in [0.15, 0.2) is 0 Å². The number of benzene rings is 2. The number of amides is 1. The van der Waals surface area contributed by atoms with Gasteiger partial charge in [-0.2, -0.15) is 0 Å². The van der Waals surface area contributed by atoms with Gasteiger partial charge in [0, 0.05) is 18.8 Å². The SMILES string of the molecule is COc1ccc(S(=O)(=O)Nc2ccc3c(c2)N(C(=O)C2CCCO2)CC3)cc1Cl. The molecular weight excluding hydrogens is 416 g/mol. The summed E-state index contributed by atoms with van der Waals surface area (Å²) >= 11 is 6.06. The Balaban J connectivity index is 1.58. The standard InChI is InChI=1S/C20H21ClN2O5S/c1-27-18-7-6-15(12-16(18)21)29(25,26)22-14-5-4-13-8-9-23(17(13)11-14)20(24)19-3-2-10-28-19/h4-7,11-12,19,22H,2-3,8-10H2,1H3. The molecule has 1 amide bonds. The van der Waals surface area contributed by atoms with Crippen molar-refractivity contribution in [2.45, 2.75) is 30.3 Å². The van der Waals surface area contributed by atoms with Gasteiger partial charge in [0.25, 0.3) is 15.9 Å². The third-order valence-corrected chi connectivity index (χ3v) is 6.81. The number of sulfonamides is 1. The van der Waals surface area contributed by atoms with Crippen molar-refractivity contribution in [3.8, 4) is 5.75 Å². The Labute approximate surface area is 174 Å². The van der Waals surface area contributed by atoms with Gasteiger partial charge in [-0.3, -0.25) is 9.52 Å². The van der Waals surface area contributed by atoms with Gasteiger partial charge >= 0.3 is 0 Å². The van der Waals surface area contributed by atoms with E-state index in [2.05, 4.69) is 4.72 Å². The number of nitrogens with one attached hydrogen (secondary N) is 1. The van der Waals surface area contributed by atoms with E-state index in [9.17, 15) is 13.2 Å². The van der Waals surface area contributed by atoms with Gasteiger partial charge in [-0.25, -0.2) is 8.42 Å². The number of rotatable bonds is 5. The van der Waals surface area contributed by atoms with Gasteiger partial charge in [0.2, 0.25) is 0 Å². The van der Waals surface area contributed by atoms with Gasteiger partial charge in [-0.15, -0.1) is 0 Å². The molecule has 0 spiro atoms. The molecule has 154 valence electrons. The first-order valence-electron chi connectivity index (χ1n) is 9.31. The molecule has 0 aliphatic carbocycles. The fraction of sp³-hybridized carbons (Fsp3) is 0.350. The van der Waals surface area contributed by atoms with Crippen LogP contribution in [0.5, 0.6) is 5.75 Å². The summed E-state index contributed by atoms with van der Waals surface area (Å²) in [6.07, 6.45) is 1.91. The minimum Gasteiger partial charge on any atom is -0.495 e.